The predicted molar refractivity (Wildman–Crippen MR) is 140 cm³/mol. The first-order chi connectivity index (χ1) is 17.4. The predicted octanol–water partition coefficient (Wildman–Crippen LogP) is 4.16. The van der Waals surface area contributed by atoms with Gasteiger partial charge in [-0.25, -0.2) is 4.39 Å². The molecule has 3 aromatic carbocycles. The van der Waals surface area contributed by atoms with Crippen molar-refractivity contribution < 1.29 is 19.1 Å². The molecule has 1 unspecified atom stereocenters. The van der Waals surface area contributed by atoms with Gasteiger partial charge in [-0.15, -0.1) is 0 Å². The number of carbonyl (C=O) groups is 2. The normalized spacial score (nSPS) is 11.4. The highest BCUT2D eigenvalue weighted by molar-refractivity contribution is 9.10. The van der Waals surface area contributed by atoms with Crippen molar-refractivity contribution in [2.45, 2.75) is 12.5 Å². The van der Waals surface area contributed by atoms with Crippen LogP contribution < -0.4 is 10.6 Å². The zero-order valence-electron chi connectivity index (χ0n) is 19.4. The van der Waals surface area contributed by atoms with E-state index in [-0.39, 0.29) is 24.2 Å². The van der Waals surface area contributed by atoms with Crippen LogP contribution in [0.5, 0.6) is 0 Å². The molecule has 0 fully saturated rings. The van der Waals surface area contributed by atoms with Gasteiger partial charge in [0, 0.05) is 45.3 Å². The van der Waals surface area contributed by atoms with Crippen molar-refractivity contribution in [3.05, 3.63) is 105 Å². The second-order valence-electron chi connectivity index (χ2n) is 8.16. The van der Waals surface area contributed by atoms with Crippen LogP contribution in [0.25, 0.3) is 10.9 Å². The second kappa shape index (κ2) is 11.2. The van der Waals surface area contributed by atoms with Gasteiger partial charge in [0.2, 0.25) is 0 Å². The lowest BCUT2D eigenvalue weighted by molar-refractivity contribution is 0.0914. The number of amides is 2. The third-order valence-electron chi connectivity index (χ3n) is 5.69. The smallest absolute Gasteiger partial charge is 0.252 e. The van der Waals surface area contributed by atoms with Crippen molar-refractivity contribution in [2.75, 3.05) is 13.7 Å². The van der Waals surface area contributed by atoms with E-state index in [1.807, 2.05) is 0 Å². The van der Waals surface area contributed by atoms with E-state index in [2.05, 4.69) is 43.4 Å². The zero-order valence-corrected chi connectivity index (χ0v) is 20.9. The Balaban J connectivity index is 1.48. The Morgan fingerprint density at radius 2 is 1.75 bits per heavy atom. The van der Waals surface area contributed by atoms with Gasteiger partial charge in [0.15, 0.2) is 0 Å². The number of aromatic nitrogens is 1. The van der Waals surface area contributed by atoms with Crippen molar-refractivity contribution in [2.24, 2.45) is 0 Å². The average Bonchev–Trinajstić information content (AvgIpc) is 3.28. The molecule has 0 aliphatic rings. The average molecular weight is 548 g/mol. The van der Waals surface area contributed by atoms with Crippen LogP contribution in [-0.4, -0.2) is 41.6 Å². The monoisotopic (exact) mass is 547 g/mol. The van der Waals surface area contributed by atoms with Gasteiger partial charge in [0.1, 0.15) is 5.82 Å². The van der Waals surface area contributed by atoms with Crippen LogP contribution in [0.2, 0.25) is 0 Å². The highest BCUT2D eigenvalue weighted by Gasteiger charge is 2.18. The molecule has 2 amide bonds. The quantitative estimate of drug-likeness (QED) is 0.273. The molecule has 0 spiro atoms. The van der Waals surface area contributed by atoms with E-state index in [0.29, 0.717) is 33.1 Å². The van der Waals surface area contributed by atoms with Gasteiger partial charge in [0.25, 0.3) is 11.8 Å². The number of hydrogen-bond donors (Lipinski definition) is 4. The van der Waals surface area contributed by atoms with E-state index in [9.17, 15) is 19.1 Å². The first kappa shape index (κ1) is 25.2. The number of rotatable bonds is 6. The largest absolute Gasteiger partial charge is 0.394 e. The number of nitrogens with one attached hydrogen (secondary N) is 3. The number of aliphatic hydroxyl groups excluding tert-OH is 1. The van der Waals surface area contributed by atoms with Crippen molar-refractivity contribution in [1.29, 1.82) is 0 Å². The maximum atomic E-state index is 13.5. The van der Waals surface area contributed by atoms with E-state index < -0.39 is 6.04 Å². The molecule has 4 N–H and O–H groups in total. The van der Waals surface area contributed by atoms with E-state index in [1.165, 1.54) is 12.1 Å². The summed E-state index contributed by atoms with van der Waals surface area (Å²) in [7, 11) is 1.57. The van der Waals surface area contributed by atoms with Crippen LogP contribution in [0.3, 0.4) is 0 Å². The van der Waals surface area contributed by atoms with Crippen molar-refractivity contribution >= 4 is 38.6 Å². The molecule has 0 aliphatic carbocycles. The summed E-state index contributed by atoms with van der Waals surface area (Å²) in [5.41, 5.74) is 3.82. The lowest BCUT2D eigenvalue weighted by atomic mass is 10.0. The van der Waals surface area contributed by atoms with Gasteiger partial charge in [-0.3, -0.25) is 9.59 Å². The molecule has 0 radical (unpaired) electrons. The molecule has 0 bridgehead atoms. The number of hydrogen-bond acceptors (Lipinski definition) is 3. The standard InChI is InChI=1S/C28H23BrFN3O3/c1-31-27(35)19-7-4-17(5-8-19)2-3-18-6-11-25(29)24(12-18)28(36)33-22(16-34)13-20-15-32-26-14-21(30)9-10-23(20)26/h4-12,14-15,22,32,34H,13,16H2,1H3,(H,31,35)(H,33,36). The van der Waals surface area contributed by atoms with Gasteiger partial charge < -0.3 is 20.7 Å². The van der Waals surface area contributed by atoms with Crippen LogP contribution in [0, 0.1) is 17.7 Å². The maximum Gasteiger partial charge on any atom is 0.252 e. The molecule has 4 aromatic rings. The first-order valence-corrected chi connectivity index (χ1v) is 12.0. The zero-order chi connectivity index (χ0) is 25.7. The fraction of sp³-hybridized carbons (Fsp3) is 0.143. The van der Waals surface area contributed by atoms with Gasteiger partial charge in [-0.05, 0) is 88.6 Å². The minimum atomic E-state index is -0.540. The van der Waals surface area contributed by atoms with Crippen LogP contribution >= 0.6 is 15.9 Å². The van der Waals surface area contributed by atoms with Crippen LogP contribution in [0.15, 0.2) is 71.3 Å². The number of halogens is 2. The van der Waals surface area contributed by atoms with E-state index in [4.69, 9.17) is 0 Å². The number of aliphatic hydroxyl groups is 1. The topological polar surface area (TPSA) is 94.2 Å². The van der Waals surface area contributed by atoms with Crippen LogP contribution in [0.1, 0.15) is 37.4 Å². The SMILES string of the molecule is CNC(=O)c1ccc(C#Cc2ccc(Br)c(C(=O)NC(CO)Cc3c[nH]c4cc(F)ccc34)c2)cc1. The summed E-state index contributed by atoms with van der Waals surface area (Å²) in [5.74, 6) is 5.21. The van der Waals surface area contributed by atoms with E-state index >= 15 is 0 Å². The molecule has 8 heteroatoms. The number of carbonyl (C=O) groups excluding carboxylic acids is 2. The number of fused-ring (bicyclic) bond motifs is 1. The van der Waals surface area contributed by atoms with E-state index in [0.717, 1.165) is 16.5 Å². The van der Waals surface area contributed by atoms with Crippen LogP contribution in [-0.2, 0) is 6.42 Å². The molecule has 0 aliphatic heterocycles. The Morgan fingerprint density at radius 3 is 2.47 bits per heavy atom. The van der Waals surface area contributed by atoms with Gasteiger partial charge in [-0.2, -0.15) is 0 Å². The van der Waals surface area contributed by atoms with Gasteiger partial charge in [0.05, 0.1) is 18.2 Å². The number of aromatic amines is 1. The molecule has 6 nitrogen and oxygen atoms in total. The Bertz CT molecular complexity index is 1490. The minimum Gasteiger partial charge on any atom is -0.394 e. The highest BCUT2D eigenvalue weighted by Crippen LogP contribution is 2.22. The van der Waals surface area contributed by atoms with Gasteiger partial charge in [-0.1, -0.05) is 11.8 Å². The number of benzene rings is 3. The summed E-state index contributed by atoms with van der Waals surface area (Å²) in [6.07, 6.45) is 2.13. The Labute approximate surface area is 216 Å². The first-order valence-electron chi connectivity index (χ1n) is 11.2. The molecular weight excluding hydrogens is 525 g/mol. The van der Waals surface area contributed by atoms with Crippen molar-refractivity contribution in [3.63, 3.8) is 0 Å². The Kier molecular flexibility index (Phi) is 7.84. The maximum absolute atomic E-state index is 13.5. The fourth-order valence-electron chi connectivity index (χ4n) is 3.79. The summed E-state index contributed by atoms with van der Waals surface area (Å²) in [6.45, 7) is -0.261. The van der Waals surface area contributed by atoms with Crippen molar-refractivity contribution in [1.82, 2.24) is 15.6 Å². The molecule has 36 heavy (non-hydrogen) atoms. The number of H-pyrrole nitrogens is 1. The fourth-order valence-corrected chi connectivity index (χ4v) is 4.21. The summed E-state index contributed by atoms with van der Waals surface area (Å²) >= 11 is 3.42. The third kappa shape index (κ3) is 5.82. The summed E-state index contributed by atoms with van der Waals surface area (Å²) in [4.78, 5) is 27.7. The third-order valence-corrected chi connectivity index (χ3v) is 6.38. The van der Waals surface area contributed by atoms with E-state index in [1.54, 1.807) is 61.8 Å². The molecule has 182 valence electrons. The second-order valence-corrected chi connectivity index (χ2v) is 9.02. The summed E-state index contributed by atoms with van der Waals surface area (Å²) in [6, 6.07) is 16.1. The highest BCUT2D eigenvalue weighted by atomic mass is 79.9. The lowest BCUT2D eigenvalue weighted by Gasteiger charge is -2.17. The minimum absolute atomic E-state index is 0.169. The van der Waals surface area contributed by atoms with Crippen LogP contribution in [0.4, 0.5) is 4.39 Å². The molecule has 4 rings (SSSR count). The Hall–Kier alpha value is -3.93. The molecule has 1 heterocycles. The molecular formula is C28H23BrFN3O3. The lowest BCUT2D eigenvalue weighted by Crippen LogP contribution is -2.39. The summed E-state index contributed by atoms with van der Waals surface area (Å²) in [5, 5.41) is 16.2. The molecule has 0 saturated heterocycles. The van der Waals surface area contributed by atoms with Crippen molar-refractivity contribution in [3.8, 4) is 11.8 Å². The summed E-state index contributed by atoms with van der Waals surface area (Å²) < 4.78 is 14.1. The van der Waals surface area contributed by atoms with Gasteiger partial charge >= 0.3 is 0 Å². The molecule has 1 aromatic heterocycles. The molecule has 1 atom stereocenters. The Morgan fingerprint density at radius 1 is 1.03 bits per heavy atom. The molecule has 0 saturated carbocycles.